The van der Waals surface area contributed by atoms with Crippen molar-refractivity contribution in [1.82, 2.24) is 0 Å². The van der Waals surface area contributed by atoms with Crippen molar-refractivity contribution in [1.29, 1.82) is 0 Å². The molecule has 0 unspecified atom stereocenters. The molecule has 2 nitrogen and oxygen atoms in total. The van der Waals surface area contributed by atoms with Crippen molar-refractivity contribution < 1.29 is 9.13 Å². The number of rotatable bonds is 3. The van der Waals surface area contributed by atoms with Crippen LogP contribution in [0.25, 0.3) is 0 Å². The Labute approximate surface area is 95.6 Å². The van der Waals surface area contributed by atoms with Crippen LogP contribution in [0, 0.1) is 17.2 Å². The highest BCUT2D eigenvalue weighted by molar-refractivity contribution is 5.43. The first-order valence-electron chi connectivity index (χ1n) is 5.56. The summed E-state index contributed by atoms with van der Waals surface area (Å²) in [6.07, 6.45) is 0. The first-order chi connectivity index (χ1) is 7.52. The lowest BCUT2D eigenvalue weighted by atomic mass is 10.0. The first-order valence-corrected chi connectivity index (χ1v) is 5.56. The van der Waals surface area contributed by atoms with Crippen LogP contribution in [-0.4, -0.2) is 13.7 Å². The van der Waals surface area contributed by atoms with Crippen molar-refractivity contribution in [3.05, 3.63) is 29.6 Å². The highest BCUT2D eigenvalue weighted by atomic mass is 19.1. The third-order valence-corrected chi connectivity index (χ3v) is 3.83. The lowest BCUT2D eigenvalue weighted by Gasteiger charge is -2.09. The van der Waals surface area contributed by atoms with Gasteiger partial charge in [0.05, 0.1) is 7.11 Å². The number of benzene rings is 1. The maximum Gasteiger partial charge on any atom is 0.126 e. The van der Waals surface area contributed by atoms with Crippen molar-refractivity contribution in [2.75, 3.05) is 13.7 Å². The normalized spacial score (nSPS) is 26.6. The van der Waals surface area contributed by atoms with Crippen LogP contribution in [0.2, 0.25) is 0 Å². The molecule has 1 aliphatic carbocycles. The van der Waals surface area contributed by atoms with Crippen LogP contribution in [0.3, 0.4) is 0 Å². The number of methoxy groups -OCH3 is 1. The second-order valence-electron chi connectivity index (χ2n) is 5.03. The van der Waals surface area contributed by atoms with Crippen molar-refractivity contribution >= 4 is 0 Å². The maximum atomic E-state index is 13.1. The molecule has 3 heteroatoms. The summed E-state index contributed by atoms with van der Waals surface area (Å²) in [7, 11) is 1.57. The van der Waals surface area contributed by atoms with Gasteiger partial charge < -0.3 is 10.5 Å². The number of ether oxygens (including phenoxy) is 1. The Morgan fingerprint density at radius 1 is 1.44 bits per heavy atom. The minimum Gasteiger partial charge on any atom is -0.496 e. The molecule has 0 aliphatic heterocycles. The fraction of sp³-hybridized carbons (Fsp3) is 0.538. The van der Waals surface area contributed by atoms with Gasteiger partial charge in [0, 0.05) is 6.07 Å². The van der Waals surface area contributed by atoms with E-state index >= 15 is 0 Å². The molecule has 2 atom stereocenters. The summed E-state index contributed by atoms with van der Waals surface area (Å²) in [5, 5.41) is 0. The average Bonchev–Trinajstić information content (AvgIpc) is 2.80. The monoisotopic (exact) mass is 223 g/mol. The van der Waals surface area contributed by atoms with Crippen molar-refractivity contribution in [2.24, 2.45) is 17.1 Å². The Morgan fingerprint density at radius 2 is 2.12 bits per heavy atom. The van der Waals surface area contributed by atoms with Gasteiger partial charge in [-0.15, -0.1) is 0 Å². The predicted molar refractivity (Wildman–Crippen MR) is 62.0 cm³/mol. The molecule has 0 amide bonds. The van der Waals surface area contributed by atoms with Gasteiger partial charge in [0.1, 0.15) is 11.6 Å². The lowest BCUT2D eigenvalue weighted by Crippen LogP contribution is -2.05. The minimum atomic E-state index is -0.261. The molecule has 1 aromatic carbocycles. The third kappa shape index (κ3) is 1.59. The van der Waals surface area contributed by atoms with Gasteiger partial charge in [-0.2, -0.15) is 0 Å². The molecule has 0 radical (unpaired) electrons. The quantitative estimate of drug-likeness (QED) is 0.854. The van der Waals surface area contributed by atoms with E-state index in [4.69, 9.17) is 10.5 Å². The standard InChI is InChI=1S/C13H18FNO/c1-13(2)10(7-15)12(13)9-5-4-8(14)6-11(9)16-3/h4-6,10,12H,7,15H2,1-3H3/t10-,12-/m0/s1. The zero-order valence-electron chi connectivity index (χ0n) is 9.96. The van der Waals surface area contributed by atoms with Crippen LogP contribution >= 0.6 is 0 Å². The van der Waals surface area contributed by atoms with Gasteiger partial charge in [0.2, 0.25) is 0 Å². The van der Waals surface area contributed by atoms with Crippen LogP contribution in [-0.2, 0) is 0 Å². The van der Waals surface area contributed by atoms with E-state index in [9.17, 15) is 4.39 Å². The van der Waals surface area contributed by atoms with Crippen LogP contribution in [0.5, 0.6) is 5.75 Å². The Morgan fingerprint density at radius 3 is 2.62 bits per heavy atom. The summed E-state index contributed by atoms with van der Waals surface area (Å²) in [5.74, 6) is 1.22. The molecule has 1 aromatic rings. The van der Waals surface area contributed by atoms with Gasteiger partial charge >= 0.3 is 0 Å². The summed E-state index contributed by atoms with van der Waals surface area (Å²) >= 11 is 0. The van der Waals surface area contributed by atoms with E-state index in [1.54, 1.807) is 7.11 Å². The van der Waals surface area contributed by atoms with Crippen LogP contribution < -0.4 is 10.5 Å². The number of nitrogens with two attached hydrogens (primary N) is 1. The van der Waals surface area contributed by atoms with E-state index in [2.05, 4.69) is 13.8 Å². The molecule has 2 rings (SSSR count). The van der Waals surface area contributed by atoms with Crippen LogP contribution in [0.4, 0.5) is 4.39 Å². The van der Waals surface area contributed by atoms with E-state index < -0.39 is 0 Å². The smallest absolute Gasteiger partial charge is 0.126 e. The minimum absolute atomic E-state index is 0.194. The summed E-state index contributed by atoms with van der Waals surface area (Å²) in [5.41, 5.74) is 7.01. The van der Waals surface area contributed by atoms with E-state index in [-0.39, 0.29) is 11.2 Å². The average molecular weight is 223 g/mol. The van der Waals surface area contributed by atoms with Crippen molar-refractivity contribution in [3.63, 3.8) is 0 Å². The SMILES string of the molecule is COc1cc(F)ccc1[C@H]1[C@H](CN)C1(C)C. The molecule has 1 aliphatic rings. The number of halogens is 1. The molecule has 1 fully saturated rings. The summed E-state index contributed by atoms with van der Waals surface area (Å²) in [6, 6.07) is 4.74. The van der Waals surface area contributed by atoms with Gasteiger partial charge in [-0.1, -0.05) is 19.9 Å². The van der Waals surface area contributed by atoms with Crippen LogP contribution in [0.1, 0.15) is 25.3 Å². The molecular weight excluding hydrogens is 205 g/mol. The summed E-state index contributed by atoms with van der Waals surface area (Å²) < 4.78 is 18.3. The largest absolute Gasteiger partial charge is 0.496 e. The zero-order chi connectivity index (χ0) is 11.9. The topological polar surface area (TPSA) is 35.2 Å². The molecule has 1 saturated carbocycles. The highest BCUT2D eigenvalue weighted by Crippen LogP contribution is 2.65. The van der Waals surface area contributed by atoms with E-state index in [1.165, 1.54) is 12.1 Å². The van der Waals surface area contributed by atoms with E-state index in [1.807, 2.05) is 6.07 Å². The fourth-order valence-corrected chi connectivity index (χ4v) is 2.74. The van der Waals surface area contributed by atoms with Gasteiger partial charge in [0.25, 0.3) is 0 Å². The molecule has 2 N–H and O–H groups in total. The molecular formula is C13H18FNO. The second-order valence-corrected chi connectivity index (χ2v) is 5.03. The Balaban J connectivity index is 2.35. The molecule has 0 aromatic heterocycles. The number of hydrogen-bond acceptors (Lipinski definition) is 2. The lowest BCUT2D eigenvalue weighted by molar-refractivity contribution is 0.404. The Kier molecular flexibility index (Phi) is 2.66. The molecule has 88 valence electrons. The molecule has 0 spiro atoms. The van der Waals surface area contributed by atoms with Gasteiger partial charge in [-0.05, 0) is 35.4 Å². The van der Waals surface area contributed by atoms with Gasteiger partial charge in [-0.25, -0.2) is 4.39 Å². The van der Waals surface area contributed by atoms with E-state index in [0.717, 1.165) is 5.56 Å². The number of hydrogen-bond donors (Lipinski definition) is 1. The molecule has 16 heavy (non-hydrogen) atoms. The summed E-state index contributed by atoms with van der Waals surface area (Å²) in [4.78, 5) is 0. The second kappa shape index (κ2) is 3.74. The Hall–Kier alpha value is -1.09. The van der Waals surface area contributed by atoms with Crippen LogP contribution in [0.15, 0.2) is 18.2 Å². The molecule has 0 heterocycles. The van der Waals surface area contributed by atoms with Crippen molar-refractivity contribution in [3.8, 4) is 5.75 Å². The maximum absolute atomic E-state index is 13.1. The highest BCUT2D eigenvalue weighted by Gasteiger charge is 2.58. The predicted octanol–water partition coefficient (Wildman–Crippen LogP) is 2.53. The molecule has 0 bridgehead atoms. The summed E-state index contributed by atoms with van der Waals surface area (Å²) in [6.45, 7) is 5.05. The Bertz CT molecular complexity index is 403. The third-order valence-electron chi connectivity index (χ3n) is 3.83. The van der Waals surface area contributed by atoms with E-state index in [0.29, 0.717) is 24.1 Å². The zero-order valence-corrected chi connectivity index (χ0v) is 9.96. The first kappa shape index (κ1) is 11.4. The fourth-order valence-electron chi connectivity index (χ4n) is 2.74. The molecule has 0 saturated heterocycles. The van der Waals surface area contributed by atoms with Gasteiger partial charge in [0.15, 0.2) is 0 Å². The van der Waals surface area contributed by atoms with Gasteiger partial charge in [-0.3, -0.25) is 0 Å². The van der Waals surface area contributed by atoms with Crippen molar-refractivity contribution in [2.45, 2.75) is 19.8 Å².